The van der Waals surface area contributed by atoms with Gasteiger partial charge in [-0.15, -0.1) is 0 Å². The van der Waals surface area contributed by atoms with Crippen LogP contribution in [0.4, 0.5) is 0 Å². The molecule has 0 saturated carbocycles. The lowest BCUT2D eigenvalue weighted by Gasteiger charge is -2.14. The maximum absolute atomic E-state index is 11.9. The molecule has 1 unspecified atom stereocenters. The van der Waals surface area contributed by atoms with Gasteiger partial charge in [0.1, 0.15) is 11.8 Å². The Kier molecular flexibility index (Phi) is 5.08. The number of carbonyl (C=O) groups excluding carboxylic acids is 2. The fourth-order valence-electron chi connectivity index (χ4n) is 1.61. The molecule has 0 aliphatic rings. The topological polar surface area (TPSA) is 130 Å². The zero-order chi connectivity index (χ0) is 15.3. The minimum atomic E-state index is -1.27. The fraction of sp³-hybridized carbons (Fsp3) is 0.308. The Morgan fingerprint density at radius 2 is 2.00 bits per heavy atom. The summed E-state index contributed by atoms with van der Waals surface area (Å²) in [6, 6.07) is 3.17. The maximum atomic E-state index is 11.9. The van der Waals surface area contributed by atoms with Crippen LogP contribution in [-0.2, 0) is 9.59 Å². The SMILES string of the molecule is Cc1ccc(C(=O)NC(CCC(N)=O)C(=O)O)c(O)c1. The largest absolute Gasteiger partial charge is 0.507 e. The second-order valence-corrected chi connectivity index (χ2v) is 4.39. The molecule has 0 aromatic heterocycles. The first-order valence-corrected chi connectivity index (χ1v) is 5.93. The van der Waals surface area contributed by atoms with E-state index < -0.39 is 23.8 Å². The summed E-state index contributed by atoms with van der Waals surface area (Å²) < 4.78 is 0. The molecule has 0 aliphatic carbocycles. The zero-order valence-corrected chi connectivity index (χ0v) is 10.9. The van der Waals surface area contributed by atoms with Crippen LogP contribution in [0, 0.1) is 6.92 Å². The lowest BCUT2D eigenvalue weighted by Crippen LogP contribution is -2.41. The summed E-state index contributed by atoms with van der Waals surface area (Å²) in [5, 5.41) is 20.9. The number of rotatable bonds is 6. The number of nitrogens with one attached hydrogen (secondary N) is 1. The van der Waals surface area contributed by atoms with Crippen LogP contribution in [0.3, 0.4) is 0 Å². The number of hydrogen-bond donors (Lipinski definition) is 4. The van der Waals surface area contributed by atoms with Crippen molar-refractivity contribution in [1.29, 1.82) is 0 Å². The molecule has 0 aliphatic heterocycles. The van der Waals surface area contributed by atoms with Gasteiger partial charge in [0.2, 0.25) is 5.91 Å². The van der Waals surface area contributed by atoms with E-state index in [1.54, 1.807) is 13.0 Å². The minimum absolute atomic E-state index is 0.0269. The zero-order valence-electron chi connectivity index (χ0n) is 10.9. The van der Waals surface area contributed by atoms with Gasteiger partial charge in [-0.2, -0.15) is 0 Å². The predicted octanol–water partition coefficient (Wildman–Crippen LogP) is 0.149. The second-order valence-electron chi connectivity index (χ2n) is 4.39. The van der Waals surface area contributed by atoms with E-state index in [1.807, 2.05) is 0 Å². The molecule has 1 atom stereocenters. The van der Waals surface area contributed by atoms with Crippen LogP contribution in [0.15, 0.2) is 18.2 Å². The molecular weight excluding hydrogens is 264 g/mol. The third kappa shape index (κ3) is 4.27. The monoisotopic (exact) mass is 280 g/mol. The first-order valence-electron chi connectivity index (χ1n) is 5.93. The Balaban J connectivity index is 2.80. The van der Waals surface area contributed by atoms with Crippen molar-refractivity contribution in [2.24, 2.45) is 5.73 Å². The van der Waals surface area contributed by atoms with Crippen molar-refractivity contribution in [2.75, 3.05) is 0 Å². The number of benzene rings is 1. The molecule has 7 nitrogen and oxygen atoms in total. The lowest BCUT2D eigenvalue weighted by molar-refractivity contribution is -0.139. The summed E-state index contributed by atoms with van der Waals surface area (Å²) in [7, 11) is 0. The van der Waals surface area contributed by atoms with Gasteiger partial charge in [0.25, 0.3) is 5.91 Å². The summed E-state index contributed by atoms with van der Waals surface area (Å²) in [6.07, 6.45) is -0.264. The van der Waals surface area contributed by atoms with E-state index in [2.05, 4.69) is 5.32 Å². The second kappa shape index (κ2) is 6.55. The minimum Gasteiger partial charge on any atom is -0.507 e. The van der Waals surface area contributed by atoms with Gasteiger partial charge in [0, 0.05) is 6.42 Å². The standard InChI is InChI=1S/C13H16N2O5/c1-7-2-3-8(10(16)6-7)12(18)15-9(13(19)20)4-5-11(14)17/h2-3,6,9,16H,4-5H2,1H3,(H2,14,17)(H,15,18)(H,19,20). The van der Waals surface area contributed by atoms with Crippen molar-refractivity contribution in [3.05, 3.63) is 29.3 Å². The van der Waals surface area contributed by atoms with Gasteiger partial charge < -0.3 is 21.3 Å². The Morgan fingerprint density at radius 1 is 1.35 bits per heavy atom. The van der Waals surface area contributed by atoms with Gasteiger partial charge >= 0.3 is 5.97 Å². The number of phenols is 1. The molecule has 0 heterocycles. The van der Waals surface area contributed by atoms with Crippen molar-refractivity contribution in [1.82, 2.24) is 5.32 Å². The summed E-state index contributed by atoms with van der Waals surface area (Å²) in [5.74, 6) is -2.88. The van der Waals surface area contributed by atoms with Crippen molar-refractivity contribution < 1.29 is 24.6 Å². The molecular formula is C13H16N2O5. The number of nitrogens with two attached hydrogens (primary N) is 1. The molecule has 2 amide bonds. The molecule has 5 N–H and O–H groups in total. The van der Waals surface area contributed by atoms with E-state index in [0.717, 1.165) is 5.56 Å². The number of primary amides is 1. The fourth-order valence-corrected chi connectivity index (χ4v) is 1.61. The molecule has 1 rings (SSSR count). The molecule has 0 fully saturated rings. The van der Waals surface area contributed by atoms with Gasteiger partial charge in [-0.3, -0.25) is 9.59 Å². The summed E-state index contributed by atoms with van der Waals surface area (Å²) >= 11 is 0. The van der Waals surface area contributed by atoms with E-state index in [-0.39, 0.29) is 24.2 Å². The van der Waals surface area contributed by atoms with Crippen LogP contribution in [-0.4, -0.2) is 34.0 Å². The van der Waals surface area contributed by atoms with Crippen molar-refractivity contribution in [3.8, 4) is 5.75 Å². The number of carbonyl (C=O) groups is 3. The molecule has 108 valence electrons. The highest BCUT2D eigenvalue weighted by Gasteiger charge is 2.22. The van der Waals surface area contributed by atoms with E-state index in [9.17, 15) is 19.5 Å². The summed E-state index contributed by atoms with van der Waals surface area (Å²) in [6.45, 7) is 1.74. The van der Waals surface area contributed by atoms with Crippen LogP contribution >= 0.6 is 0 Å². The molecule has 20 heavy (non-hydrogen) atoms. The van der Waals surface area contributed by atoms with Gasteiger partial charge in [0.05, 0.1) is 5.56 Å². The highest BCUT2D eigenvalue weighted by molar-refractivity contribution is 5.98. The Labute approximate surface area is 115 Å². The Morgan fingerprint density at radius 3 is 2.50 bits per heavy atom. The summed E-state index contributed by atoms with van der Waals surface area (Å²) in [5.41, 5.74) is 5.68. The highest BCUT2D eigenvalue weighted by Crippen LogP contribution is 2.18. The van der Waals surface area contributed by atoms with Gasteiger partial charge in [-0.1, -0.05) is 6.07 Å². The average Bonchev–Trinajstić information content (AvgIpc) is 2.33. The number of aryl methyl sites for hydroxylation is 1. The quantitative estimate of drug-likeness (QED) is 0.589. The highest BCUT2D eigenvalue weighted by atomic mass is 16.4. The van der Waals surface area contributed by atoms with Crippen LogP contribution in [0.5, 0.6) is 5.75 Å². The number of carboxylic acid groups (broad SMARTS) is 1. The molecule has 0 bridgehead atoms. The van der Waals surface area contributed by atoms with Crippen LogP contribution in [0.25, 0.3) is 0 Å². The van der Waals surface area contributed by atoms with Crippen molar-refractivity contribution in [3.63, 3.8) is 0 Å². The van der Waals surface area contributed by atoms with Crippen LogP contribution in [0.1, 0.15) is 28.8 Å². The number of carboxylic acids is 1. The molecule has 1 aromatic carbocycles. The van der Waals surface area contributed by atoms with Crippen molar-refractivity contribution in [2.45, 2.75) is 25.8 Å². The smallest absolute Gasteiger partial charge is 0.326 e. The van der Waals surface area contributed by atoms with E-state index in [4.69, 9.17) is 10.8 Å². The Hall–Kier alpha value is -2.57. The van der Waals surface area contributed by atoms with E-state index in [0.29, 0.717) is 0 Å². The number of phenolic OH excluding ortho intramolecular Hbond substituents is 1. The predicted molar refractivity (Wildman–Crippen MR) is 70.2 cm³/mol. The van der Waals surface area contributed by atoms with Crippen LogP contribution < -0.4 is 11.1 Å². The van der Waals surface area contributed by atoms with Gasteiger partial charge in [-0.25, -0.2) is 4.79 Å². The third-order valence-electron chi connectivity index (χ3n) is 2.68. The first-order chi connectivity index (χ1) is 9.31. The number of amides is 2. The van der Waals surface area contributed by atoms with Gasteiger partial charge in [-0.05, 0) is 31.0 Å². The maximum Gasteiger partial charge on any atom is 0.326 e. The van der Waals surface area contributed by atoms with E-state index in [1.165, 1.54) is 12.1 Å². The third-order valence-corrected chi connectivity index (χ3v) is 2.68. The molecule has 0 radical (unpaired) electrons. The summed E-state index contributed by atoms with van der Waals surface area (Å²) in [4.78, 5) is 33.5. The average molecular weight is 280 g/mol. The first kappa shape index (κ1) is 15.5. The van der Waals surface area contributed by atoms with Gasteiger partial charge in [0.15, 0.2) is 0 Å². The van der Waals surface area contributed by atoms with E-state index >= 15 is 0 Å². The Bertz CT molecular complexity index is 542. The molecule has 1 aromatic rings. The number of aliphatic carboxylic acids is 1. The molecule has 7 heteroatoms. The number of hydrogen-bond acceptors (Lipinski definition) is 4. The molecule has 0 saturated heterocycles. The molecule has 0 spiro atoms. The lowest BCUT2D eigenvalue weighted by atomic mass is 10.1. The normalized spacial score (nSPS) is 11.7. The van der Waals surface area contributed by atoms with Crippen LogP contribution in [0.2, 0.25) is 0 Å². The van der Waals surface area contributed by atoms with Crippen molar-refractivity contribution >= 4 is 17.8 Å². The number of aromatic hydroxyl groups is 1.